The van der Waals surface area contributed by atoms with Crippen molar-refractivity contribution in [2.75, 3.05) is 12.8 Å². The van der Waals surface area contributed by atoms with Crippen molar-refractivity contribution in [2.24, 2.45) is 5.73 Å². The fraction of sp³-hybridized carbons (Fsp3) is 0.125. The van der Waals surface area contributed by atoms with E-state index < -0.39 is 16.1 Å². The predicted molar refractivity (Wildman–Crippen MR) is 57.3 cm³/mol. The fourth-order valence-electron chi connectivity index (χ4n) is 1.05. The van der Waals surface area contributed by atoms with Crippen LogP contribution in [-0.2, 0) is 10.0 Å². The van der Waals surface area contributed by atoms with Crippen LogP contribution in [0.15, 0.2) is 23.1 Å². The third-order valence-electron chi connectivity index (χ3n) is 1.75. The minimum atomic E-state index is -3.97. The summed E-state index contributed by atoms with van der Waals surface area (Å²) in [6, 6.07) is 2.63. The largest absolute Gasteiger partial charge is 0.495 e. The molecule has 0 bridgehead atoms. The third-order valence-corrected chi connectivity index (χ3v) is 3.09. The Morgan fingerprint density at radius 1 is 1.44 bits per heavy atom. The standard InChI is InChI=1S/C8H11N3O4S/c1-15-7-4-5(2-3-6(7)9)16(13,14)11-8(10)12/h2-4H,9H2,1H3,(H3,10,11,12). The summed E-state index contributed by atoms with van der Waals surface area (Å²) in [6.07, 6.45) is 0. The van der Waals surface area contributed by atoms with Crippen molar-refractivity contribution in [3.63, 3.8) is 0 Å². The maximum absolute atomic E-state index is 11.5. The fourth-order valence-corrected chi connectivity index (χ4v) is 1.94. The van der Waals surface area contributed by atoms with Crippen LogP contribution < -0.4 is 20.9 Å². The zero-order chi connectivity index (χ0) is 12.3. The van der Waals surface area contributed by atoms with Crippen LogP contribution in [0.1, 0.15) is 0 Å². The first-order valence-electron chi connectivity index (χ1n) is 4.12. The monoisotopic (exact) mass is 245 g/mol. The van der Waals surface area contributed by atoms with Crippen LogP contribution >= 0.6 is 0 Å². The van der Waals surface area contributed by atoms with Crippen LogP contribution in [0.5, 0.6) is 5.75 Å². The van der Waals surface area contributed by atoms with Crippen molar-refractivity contribution in [3.05, 3.63) is 18.2 Å². The lowest BCUT2D eigenvalue weighted by Gasteiger charge is -2.08. The molecule has 0 aliphatic rings. The molecule has 1 rings (SSSR count). The topological polar surface area (TPSA) is 125 Å². The van der Waals surface area contributed by atoms with Crippen molar-refractivity contribution >= 4 is 21.7 Å². The minimum Gasteiger partial charge on any atom is -0.495 e. The van der Waals surface area contributed by atoms with E-state index >= 15 is 0 Å². The van der Waals surface area contributed by atoms with E-state index in [0.29, 0.717) is 5.69 Å². The van der Waals surface area contributed by atoms with Crippen molar-refractivity contribution < 1.29 is 17.9 Å². The molecule has 0 atom stereocenters. The Labute approximate surface area is 92.4 Å². The lowest BCUT2D eigenvalue weighted by Crippen LogP contribution is -2.34. The second-order valence-electron chi connectivity index (χ2n) is 2.87. The predicted octanol–water partition coefficient (Wildman–Crippen LogP) is -0.366. The maximum atomic E-state index is 11.5. The van der Waals surface area contributed by atoms with Gasteiger partial charge in [-0.2, -0.15) is 0 Å². The highest BCUT2D eigenvalue weighted by Crippen LogP contribution is 2.24. The van der Waals surface area contributed by atoms with E-state index in [-0.39, 0.29) is 10.6 Å². The number of anilines is 1. The summed E-state index contributed by atoms with van der Waals surface area (Å²) in [5, 5.41) is 0. The summed E-state index contributed by atoms with van der Waals surface area (Å²) in [5.74, 6) is 0.201. The molecule has 1 aromatic carbocycles. The number of carbonyl (C=O) groups is 1. The van der Waals surface area contributed by atoms with Gasteiger partial charge >= 0.3 is 6.03 Å². The molecule has 0 spiro atoms. The summed E-state index contributed by atoms with van der Waals surface area (Å²) in [7, 11) is -2.62. The van der Waals surface area contributed by atoms with Crippen molar-refractivity contribution in [2.45, 2.75) is 4.90 Å². The highest BCUT2D eigenvalue weighted by Gasteiger charge is 2.17. The smallest absolute Gasteiger partial charge is 0.326 e. The average Bonchev–Trinajstić information content (AvgIpc) is 2.16. The van der Waals surface area contributed by atoms with Gasteiger partial charge in [0.25, 0.3) is 10.0 Å². The lowest BCUT2D eigenvalue weighted by molar-refractivity contribution is 0.253. The molecule has 0 fully saturated rings. The minimum absolute atomic E-state index is 0.155. The van der Waals surface area contributed by atoms with Gasteiger partial charge in [-0.25, -0.2) is 17.9 Å². The number of benzene rings is 1. The summed E-state index contributed by atoms with van der Waals surface area (Å²) >= 11 is 0. The van der Waals surface area contributed by atoms with Gasteiger partial charge in [0.2, 0.25) is 0 Å². The van der Waals surface area contributed by atoms with Gasteiger partial charge in [-0.15, -0.1) is 0 Å². The summed E-state index contributed by atoms with van der Waals surface area (Å²) in [4.78, 5) is 10.3. The van der Waals surface area contributed by atoms with Crippen LogP contribution in [0.25, 0.3) is 0 Å². The maximum Gasteiger partial charge on any atom is 0.326 e. The second kappa shape index (κ2) is 4.27. The van der Waals surface area contributed by atoms with Gasteiger partial charge in [0.05, 0.1) is 17.7 Å². The molecule has 0 aromatic heterocycles. The Morgan fingerprint density at radius 3 is 2.56 bits per heavy atom. The van der Waals surface area contributed by atoms with Gasteiger partial charge in [0.15, 0.2) is 0 Å². The van der Waals surface area contributed by atoms with Crippen molar-refractivity contribution in [1.29, 1.82) is 0 Å². The molecule has 88 valence electrons. The molecule has 0 aliphatic carbocycles. The normalized spacial score (nSPS) is 10.8. The first-order chi connectivity index (χ1) is 7.36. The van der Waals surface area contributed by atoms with Crippen molar-refractivity contribution in [1.82, 2.24) is 4.72 Å². The number of rotatable bonds is 3. The number of nitrogens with one attached hydrogen (secondary N) is 1. The SMILES string of the molecule is COc1cc(S(=O)(=O)NC(N)=O)ccc1N. The number of sulfonamides is 1. The first-order valence-corrected chi connectivity index (χ1v) is 5.61. The molecule has 1 aromatic rings. The number of nitrogens with two attached hydrogens (primary N) is 2. The molecule has 0 aliphatic heterocycles. The van der Waals surface area contributed by atoms with E-state index in [2.05, 4.69) is 0 Å². The summed E-state index contributed by atoms with van der Waals surface area (Å²) < 4.78 is 29.5. The zero-order valence-corrected chi connectivity index (χ0v) is 9.24. The molecule has 0 unspecified atom stereocenters. The lowest BCUT2D eigenvalue weighted by atomic mass is 10.3. The van der Waals surface area contributed by atoms with Gasteiger partial charge < -0.3 is 16.2 Å². The molecule has 0 heterocycles. The molecular weight excluding hydrogens is 234 g/mol. The number of methoxy groups -OCH3 is 1. The number of carbonyl (C=O) groups excluding carboxylic acids is 1. The number of hydrogen-bond acceptors (Lipinski definition) is 5. The number of ether oxygens (including phenoxy) is 1. The Morgan fingerprint density at radius 2 is 2.06 bits per heavy atom. The third kappa shape index (κ3) is 2.54. The van der Waals surface area contributed by atoms with E-state index in [0.717, 1.165) is 0 Å². The zero-order valence-electron chi connectivity index (χ0n) is 8.43. The van der Waals surface area contributed by atoms with Crippen LogP contribution in [0, 0.1) is 0 Å². The van der Waals surface area contributed by atoms with E-state index in [1.807, 2.05) is 0 Å². The average molecular weight is 245 g/mol. The van der Waals surface area contributed by atoms with Crippen LogP contribution in [0.2, 0.25) is 0 Å². The van der Waals surface area contributed by atoms with Crippen molar-refractivity contribution in [3.8, 4) is 5.75 Å². The van der Waals surface area contributed by atoms with Gasteiger partial charge in [0.1, 0.15) is 5.75 Å². The highest BCUT2D eigenvalue weighted by molar-refractivity contribution is 7.90. The molecule has 7 nitrogen and oxygen atoms in total. The number of urea groups is 1. The van der Waals surface area contributed by atoms with Gasteiger partial charge in [-0.05, 0) is 12.1 Å². The van der Waals surface area contributed by atoms with Gasteiger partial charge in [-0.3, -0.25) is 0 Å². The summed E-state index contributed by atoms with van der Waals surface area (Å²) in [6.45, 7) is 0. The molecule has 8 heteroatoms. The number of amides is 2. The molecule has 5 N–H and O–H groups in total. The van der Waals surface area contributed by atoms with E-state index in [4.69, 9.17) is 16.2 Å². The van der Waals surface area contributed by atoms with E-state index in [1.54, 1.807) is 4.72 Å². The molecule has 2 amide bonds. The Hall–Kier alpha value is -1.96. The number of hydrogen-bond donors (Lipinski definition) is 3. The Kier molecular flexibility index (Phi) is 3.23. The van der Waals surface area contributed by atoms with E-state index in [1.165, 1.54) is 25.3 Å². The molecule has 0 radical (unpaired) electrons. The Balaban J connectivity index is 3.19. The molecular formula is C8H11N3O4S. The Bertz CT molecular complexity index is 512. The second-order valence-corrected chi connectivity index (χ2v) is 4.56. The number of nitrogen functional groups attached to an aromatic ring is 1. The quantitative estimate of drug-likeness (QED) is 0.627. The van der Waals surface area contributed by atoms with Crippen LogP contribution in [-0.4, -0.2) is 21.6 Å². The molecule has 0 saturated carbocycles. The molecule has 16 heavy (non-hydrogen) atoms. The summed E-state index contributed by atoms with van der Waals surface area (Å²) in [5.41, 5.74) is 10.5. The number of primary amides is 1. The van der Waals surface area contributed by atoms with Crippen LogP contribution in [0.3, 0.4) is 0 Å². The van der Waals surface area contributed by atoms with E-state index in [9.17, 15) is 13.2 Å². The highest BCUT2D eigenvalue weighted by atomic mass is 32.2. The van der Waals surface area contributed by atoms with Crippen LogP contribution in [0.4, 0.5) is 10.5 Å². The molecule has 0 saturated heterocycles. The van der Waals surface area contributed by atoms with Gasteiger partial charge in [-0.1, -0.05) is 0 Å². The first kappa shape index (κ1) is 12.1. The van der Waals surface area contributed by atoms with Gasteiger partial charge in [0, 0.05) is 6.07 Å².